The first kappa shape index (κ1) is 30.3. The Balaban J connectivity index is 0.000000381. The van der Waals surface area contributed by atoms with E-state index in [1.807, 2.05) is 31.2 Å². The van der Waals surface area contributed by atoms with Gasteiger partial charge in [-0.15, -0.1) is 0 Å². The van der Waals surface area contributed by atoms with Gasteiger partial charge in [-0.2, -0.15) is 35.9 Å². The second-order valence-corrected chi connectivity index (χ2v) is 14.0. The molecule has 0 unspecified atom stereocenters. The smallest absolute Gasteiger partial charge is 0.0620 e. The Labute approximate surface area is 243 Å². The first-order valence-corrected chi connectivity index (χ1v) is 17.6. The minimum atomic E-state index is -0.742. The Morgan fingerprint density at radius 1 is 0.500 bits per heavy atom. The van der Waals surface area contributed by atoms with Crippen LogP contribution in [0.5, 0.6) is 0 Å². The van der Waals surface area contributed by atoms with Crippen molar-refractivity contribution in [2.45, 2.75) is 13.3 Å². The van der Waals surface area contributed by atoms with E-state index >= 15 is 0 Å². The fourth-order valence-corrected chi connectivity index (χ4v) is 10.0. The van der Waals surface area contributed by atoms with Crippen molar-refractivity contribution in [3.8, 4) is 0 Å². The van der Waals surface area contributed by atoms with E-state index in [9.17, 15) is 0 Å². The number of aryl methyl sites for hydroxylation is 1. The molecule has 4 heteroatoms. The molecule has 0 saturated heterocycles. The number of rotatable bonds is 8. The topological polar surface area (TPSA) is 0 Å². The van der Waals surface area contributed by atoms with E-state index in [0.717, 1.165) is 0 Å². The van der Waals surface area contributed by atoms with Gasteiger partial charge in [-0.05, 0) is 48.5 Å². The van der Waals surface area contributed by atoms with Crippen LogP contribution in [0, 0.1) is 13.0 Å². The van der Waals surface area contributed by atoms with Crippen LogP contribution in [0.2, 0.25) is 0 Å². The summed E-state index contributed by atoms with van der Waals surface area (Å²) in [4.78, 5) is 0. The maximum absolute atomic E-state index is 4.26. The van der Waals surface area contributed by atoms with Crippen LogP contribution in [0.25, 0.3) is 0 Å². The molecule has 0 aliphatic carbocycles. The van der Waals surface area contributed by atoms with Crippen LogP contribution in [0.1, 0.15) is 12.0 Å². The van der Waals surface area contributed by atoms with Crippen molar-refractivity contribution in [1.29, 1.82) is 0 Å². The van der Waals surface area contributed by atoms with E-state index in [2.05, 4.69) is 152 Å². The fraction of sp³-hybridized carbons (Fsp3) is 0.118. The van der Waals surface area contributed by atoms with Crippen molar-refractivity contribution >= 4 is 47.3 Å². The van der Waals surface area contributed by atoms with Gasteiger partial charge in [0, 0.05) is 6.42 Å². The number of hydrogen-bond acceptors (Lipinski definition) is 0. The molecule has 5 rings (SSSR count). The maximum atomic E-state index is 4.26. The molecular weight excluding hydrogens is 564 g/mol. The molecule has 0 nitrogen and oxygen atoms in total. The van der Waals surface area contributed by atoms with Crippen LogP contribution in [-0.4, -0.2) is 12.3 Å². The number of benzene rings is 5. The monoisotopic (exact) mass is 598 g/mol. The first-order chi connectivity index (χ1) is 18.8. The number of hydrogen-bond donors (Lipinski definition) is 0. The van der Waals surface area contributed by atoms with Crippen LogP contribution in [0.3, 0.4) is 0 Å². The van der Waals surface area contributed by atoms with Crippen LogP contribution in [0.4, 0.5) is 0 Å². The van der Waals surface area contributed by atoms with E-state index in [1.54, 1.807) is 0 Å². The van der Waals surface area contributed by atoms with Crippen molar-refractivity contribution in [1.82, 2.24) is 0 Å². The van der Waals surface area contributed by atoms with Gasteiger partial charge in [0.05, 0.1) is 49.4 Å². The van der Waals surface area contributed by atoms with E-state index in [0.29, 0.717) is 0 Å². The SMILES string of the molecule is Cc1[c-]cccc1.[Cl][Ni].c1ccc([PH+](CCC[PH+](c2ccccc2)c2ccccc2)c2ccccc2)cc1. The van der Waals surface area contributed by atoms with Gasteiger partial charge in [0.25, 0.3) is 0 Å². The van der Waals surface area contributed by atoms with Crippen molar-refractivity contribution in [2.24, 2.45) is 0 Å². The Bertz CT molecular complexity index is 1090. The Morgan fingerprint density at radius 2 is 0.816 bits per heavy atom. The van der Waals surface area contributed by atoms with Gasteiger partial charge >= 0.3 is 24.8 Å². The van der Waals surface area contributed by atoms with Crippen molar-refractivity contribution in [2.75, 3.05) is 12.3 Å². The standard InChI is InChI=1S/C27H26P2.C7H7.ClH.Ni/c1-5-14-24(15-6-1)28(25-16-7-2-8-17-25)22-13-23-29(26-18-9-3-10-19-26)27-20-11-4-12-21-27;1-7-5-3-2-4-6-7;;/h1-12,14-21H,13,22-23H2;2-5H,1H3;1H;/q;-1;;+1/p+1. The van der Waals surface area contributed by atoms with Crippen LogP contribution in [-0.2, 0) is 14.6 Å². The normalized spacial score (nSPS) is 10.3. The van der Waals surface area contributed by atoms with Gasteiger partial charge < -0.3 is 0 Å². The largest absolute Gasteiger partial charge is 0.0966 e. The van der Waals surface area contributed by atoms with E-state index in [-0.39, 0.29) is 0 Å². The van der Waals surface area contributed by atoms with Gasteiger partial charge in [-0.25, -0.2) is 0 Å². The summed E-state index contributed by atoms with van der Waals surface area (Å²) in [6.07, 6.45) is 3.84. The van der Waals surface area contributed by atoms with Crippen molar-refractivity contribution < 1.29 is 14.6 Å². The zero-order chi connectivity index (χ0) is 26.8. The van der Waals surface area contributed by atoms with Crippen LogP contribution in [0.15, 0.2) is 146 Å². The third kappa shape index (κ3) is 10.1. The zero-order valence-electron chi connectivity index (χ0n) is 21.7. The maximum Gasteiger partial charge on any atom is 0.0966 e. The molecule has 0 amide bonds. The average molecular weight is 600 g/mol. The predicted octanol–water partition coefficient (Wildman–Crippen LogP) is 7.59. The molecule has 0 radical (unpaired) electrons. The Kier molecular flexibility index (Phi) is 14.4. The van der Waals surface area contributed by atoms with Gasteiger partial charge in [0.1, 0.15) is 0 Å². The van der Waals surface area contributed by atoms with Gasteiger partial charge in [0.2, 0.25) is 0 Å². The molecule has 0 bridgehead atoms. The summed E-state index contributed by atoms with van der Waals surface area (Å²) in [5.74, 6) is 0. The summed E-state index contributed by atoms with van der Waals surface area (Å²) >= 11 is 3.35. The van der Waals surface area contributed by atoms with Crippen molar-refractivity contribution in [3.05, 3.63) is 157 Å². The fourth-order valence-electron chi connectivity index (χ4n) is 4.39. The van der Waals surface area contributed by atoms with Crippen molar-refractivity contribution in [3.63, 3.8) is 0 Å². The molecule has 0 atom stereocenters. The molecule has 5 aromatic carbocycles. The third-order valence-electron chi connectivity index (χ3n) is 6.21. The summed E-state index contributed by atoms with van der Waals surface area (Å²) in [5, 5.41) is 6.10. The zero-order valence-corrected chi connectivity index (χ0v) is 25.4. The molecule has 0 fully saturated rings. The quantitative estimate of drug-likeness (QED) is 0.0980. The van der Waals surface area contributed by atoms with Crippen LogP contribution >= 0.6 is 26.0 Å². The molecule has 197 valence electrons. The molecule has 0 aliphatic heterocycles. The summed E-state index contributed by atoms with van der Waals surface area (Å²) in [7, 11) is 2.78. The molecule has 5 aromatic rings. The first-order valence-electron chi connectivity index (χ1n) is 12.8. The molecular formula is C34H35ClNiP2+. The number of halogens is 1. The minimum absolute atomic E-state index is 0.742. The predicted molar refractivity (Wildman–Crippen MR) is 171 cm³/mol. The molecule has 38 heavy (non-hydrogen) atoms. The van der Waals surface area contributed by atoms with Crippen LogP contribution < -0.4 is 21.2 Å². The second kappa shape index (κ2) is 18.1. The Morgan fingerprint density at radius 3 is 1.05 bits per heavy atom. The molecule has 0 heterocycles. The summed E-state index contributed by atoms with van der Waals surface area (Å²) in [5.41, 5.74) is 1.20. The molecule has 0 spiro atoms. The summed E-state index contributed by atoms with van der Waals surface area (Å²) in [6, 6.07) is 55.5. The Hall–Kier alpha value is -2.26. The second-order valence-electron chi connectivity index (χ2n) is 8.82. The molecule has 0 aromatic heterocycles. The van der Waals surface area contributed by atoms with Gasteiger partial charge in [-0.3, -0.25) is 0 Å². The molecule has 0 aliphatic rings. The summed E-state index contributed by atoms with van der Waals surface area (Å²) < 4.78 is 0. The molecule has 0 N–H and O–H groups in total. The third-order valence-corrected chi connectivity index (χ3v) is 12.0. The minimum Gasteiger partial charge on any atom is -0.0620 e. The van der Waals surface area contributed by atoms with E-state index < -0.39 is 15.8 Å². The average Bonchev–Trinajstić information content (AvgIpc) is 3.01. The van der Waals surface area contributed by atoms with E-state index in [1.165, 1.54) is 45.5 Å². The molecule has 0 saturated carbocycles. The van der Waals surface area contributed by atoms with E-state index in [4.69, 9.17) is 0 Å². The summed E-state index contributed by atoms with van der Waals surface area (Å²) in [6.45, 7) is 2.03. The van der Waals surface area contributed by atoms with Gasteiger partial charge in [0.15, 0.2) is 0 Å². The van der Waals surface area contributed by atoms with Gasteiger partial charge in [-0.1, -0.05) is 79.7 Å².